The van der Waals surface area contributed by atoms with Crippen LogP contribution in [0, 0.1) is 10.8 Å². The fraction of sp³-hybridized carbons (Fsp3) is 0.917. The highest BCUT2D eigenvalue weighted by Crippen LogP contribution is 2.49. The summed E-state index contributed by atoms with van der Waals surface area (Å²) in [6, 6.07) is 0. The minimum absolute atomic E-state index is 0.0865. The molecule has 0 aliphatic heterocycles. The average Bonchev–Trinajstić information content (AvgIpc) is 1.97. The number of aliphatic carboxylic acids is 1. The molecule has 0 atom stereocenters. The Balaban J connectivity index is 3.05. The summed E-state index contributed by atoms with van der Waals surface area (Å²) in [6.45, 7) is 8.62. The number of carbonyl (C=O) groups is 1. The van der Waals surface area contributed by atoms with Crippen LogP contribution >= 0.6 is 0 Å². The summed E-state index contributed by atoms with van der Waals surface area (Å²) in [7, 11) is 1.76. The number of hydrogen-bond donors (Lipinski definition) is 2. The van der Waals surface area contributed by atoms with Crippen LogP contribution in [0.1, 0.15) is 47.0 Å². The Bertz CT molecular complexity index is 253. The van der Waals surface area contributed by atoms with Gasteiger partial charge in [0.15, 0.2) is 0 Å². The van der Waals surface area contributed by atoms with Gasteiger partial charge in [0.1, 0.15) is 5.54 Å². The lowest BCUT2D eigenvalue weighted by Gasteiger charge is -2.49. The quantitative estimate of drug-likeness (QED) is 0.739. The highest BCUT2D eigenvalue weighted by atomic mass is 16.4. The molecule has 0 heterocycles. The van der Waals surface area contributed by atoms with Gasteiger partial charge < -0.3 is 10.4 Å². The van der Waals surface area contributed by atoms with Gasteiger partial charge in [0.25, 0.3) is 0 Å². The SMILES string of the molecule is CNC1(C(=O)O)CC(C)(C)CC(C)(C)C1. The van der Waals surface area contributed by atoms with E-state index < -0.39 is 11.5 Å². The molecule has 15 heavy (non-hydrogen) atoms. The highest BCUT2D eigenvalue weighted by Gasteiger charge is 2.50. The van der Waals surface area contributed by atoms with E-state index in [9.17, 15) is 9.90 Å². The molecule has 3 heteroatoms. The van der Waals surface area contributed by atoms with Crippen molar-refractivity contribution < 1.29 is 9.90 Å². The molecule has 0 saturated heterocycles. The molecule has 0 bridgehead atoms. The van der Waals surface area contributed by atoms with Crippen LogP contribution in [0.3, 0.4) is 0 Å². The summed E-state index contributed by atoms with van der Waals surface area (Å²) in [4.78, 5) is 11.4. The van der Waals surface area contributed by atoms with Gasteiger partial charge in [0, 0.05) is 0 Å². The van der Waals surface area contributed by atoms with Gasteiger partial charge >= 0.3 is 5.97 Å². The van der Waals surface area contributed by atoms with Crippen molar-refractivity contribution >= 4 is 5.97 Å². The van der Waals surface area contributed by atoms with Gasteiger partial charge in [-0.25, -0.2) is 0 Å². The molecule has 0 aromatic carbocycles. The lowest BCUT2D eigenvalue weighted by molar-refractivity contribution is -0.151. The fourth-order valence-corrected chi connectivity index (χ4v) is 3.55. The van der Waals surface area contributed by atoms with Gasteiger partial charge in [-0.15, -0.1) is 0 Å². The van der Waals surface area contributed by atoms with Crippen LogP contribution in [0.15, 0.2) is 0 Å². The summed E-state index contributed by atoms with van der Waals surface area (Å²) < 4.78 is 0. The molecule has 0 amide bonds. The van der Waals surface area contributed by atoms with Gasteiger partial charge in [0.2, 0.25) is 0 Å². The molecule has 0 radical (unpaired) electrons. The number of rotatable bonds is 2. The molecule has 0 spiro atoms. The molecule has 1 rings (SSSR count). The van der Waals surface area contributed by atoms with Crippen LogP contribution in [0.2, 0.25) is 0 Å². The molecule has 1 aliphatic rings. The van der Waals surface area contributed by atoms with Crippen LogP contribution in [0.4, 0.5) is 0 Å². The van der Waals surface area contributed by atoms with Crippen molar-refractivity contribution in [2.45, 2.75) is 52.5 Å². The largest absolute Gasteiger partial charge is 0.480 e. The molecular formula is C12H23NO2. The number of carboxylic acid groups (broad SMARTS) is 1. The zero-order valence-corrected chi connectivity index (χ0v) is 10.5. The summed E-state index contributed by atoms with van der Waals surface area (Å²) in [6.07, 6.45) is 2.49. The predicted octanol–water partition coefficient (Wildman–Crippen LogP) is 2.27. The number of likely N-dealkylation sites (N-methyl/N-ethyl adjacent to an activating group) is 1. The molecular weight excluding hydrogens is 190 g/mol. The van der Waals surface area contributed by atoms with Gasteiger partial charge in [0.05, 0.1) is 0 Å². The summed E-state index contributed by atoms with van der Waals surface area (Å²) >= 11 is 0. The van der Waals surface area contributed by atoms with E-state index in [4.69, 9.17) is 0 Å². The Hall–Kier alpha value is -0.570. The van der Waals surface area contributed by atoms with Crippen LogP contribution in [0.5, 0.6) is 0 Å². The second-order valence-corrected chi connectivity index (χ2v) is 6.50. The minimum atomic E-state index is -0.745. The smallest absolute Gasteiger partial charge is 0.323 e. The van der Waals surface area contributed by atoms with E-state index in [0.29, 0.717) is 12.8 Å². The minimum Gasteiger partial charge on any atom is -0.480 e. The first-order valence-corrected chi connectivity index (χ1v) is 5.55. The Labute approximate surface area is 92.3 Å². The van der Waals surface area contributed by atoms with E-state index >= 15 is 0 Å². The first kappa shape index (κ1) is 12.5. The summed E-state index contributed by atoms with van der Waals surface area (Å²) in [5.74, 6) is -0.717. The lowest BCUT2D eigenvalue weighted by Crippen LogP contribution is -2.58. The van der Waals surface area contributed by atoms with Crippen molar-refractivity contribution in [3.63, 3.8) is 0 Å². The van der Waals surface area contributed by atoms with Crippen molar-refractivity contribution in [1.29, 1.82) is 0 Å². The summed E-state index contributed by atoms with van der Waals surface area (Å²) in [5, 5.41) is 12.4. The van der Waals surface area contributed by atoms with Crippen molar-refractivity contribution in [3.05, 3.63) is 0 Å². The molecule has 88 valence electrons. The first-order chi connectivity index (χ1) is 6.63. The van der Waals surface area contributed by atoms with Crippen molar-refractivity contribution in [3.8, 4) is 0 Å². The third-order valence-electron chi connectivity index (χ3n) is 3.41. The van der Waals surface area contributed by atoms with Crippen molar-refractivity contribution in [1.82, 2.24) is 5.32 Å². The summed E-state index contributed by atoms with van der Waals surface area (Å²) in [5.41, 5.74) is -0.572. The Morgan fingerprint density at radius 1 is 1.07 bits per heavy atom. The molecule has 2 N–H and O–H groups in total. The maximum absolute atomic E-state index is 11.4. The van der Waals surface area contributed by atoms with Crippen LogP contribution in [0.25, 0.3) is 0 Å². The van der Waals surface area contributed by atoms with E-state index in [1.165, 1.54) is 0 Å². The molecule has 0 aromatic heterocycles. The molecule has 0 unspecified atom stereocenters. The number of nitrogens with one attached hydrogen (secondary N) is 1. The standard InChI is InChI=1S/C12H23NO2/c1-10(2)6-11(3,4)8-12(7-10,13-5)9(14)15/h13H,6-8H2,1-5H3,(H,14,15). The van der Waals surface area contributed by atoms with Crippen molar-refractivity contribution in [2.75, 3.05) is 7.05 Å². The molecule has 1 aliphatic carbocycles. The topological polar surface area (TPSA) is 49.3 Å². The van der Waals surface area contributed by atoms with Crippen LogP contribution in [-0.2, 0) is 4.79 Å². The zero-order chi connectivity index (χ0) is 11.9. The first-order valence-electron chi connectivity index (χ1n) is 5.55. The van der Waals surface area contributed by atoms with Gasteiger partial charge in [-0.3, -0.25) is 4.79 Å². The zero-order valence-electron chi connectivity index (χ0n) is 10.5. The maximum Gasteiger partial charge on any atom is 0.323 e. The normalized spacial score (nSPS) is 27.3. The van der Waals surface area contributed by atoms with E-state index in [0.717, 1.165) is 6.42 Å². The molecule has 3 nitrogen and oxygen atoms in total. The highest BCUT2D eigenvalue weighted by molar-refractivity contribution is 5.79. The lowest BCUT2D eigenvalue weighted by atomic mass is 9.58. The number of carboxylic acids is 1. The second kappa shape index (κ2) is 3.48. The Kier molecular flexibility index (Phi) is 2.90. The maximum atomic E-state index is 11.4. The fourth-order valence-electron chi connectivity index (χ4n) is 3.55. The average molecular weight is 213 g/mol. The molecule has 1 fully saturated rings. The van der Waals surface area contributed by atoms with E-state index in [1.54, 1.807) is 7.05 Å². The Morgan fingerprint density at radius 3 is 1.73 bits per heavy atom. The number of hydrogen-bond acceptors (Lipinski definition) is 2. The van der Waals surface area contributed by atoms with Gasteiger partial charge in [-0.05, 0) is 37.1 Å². The van der Waals surface area contributed by atoms with E-state index in [2.05, 4.69) is 33.0 Å². The second-order valence-electron chi connectivity index (χ2n) is 6.50. The van der Waals surface area contributed by atoms with E-state index in [1.807, 2.05) is 0 Å². The van der Waals surface area contributed by atoms with Gasteiger partial charge in [-0.2, -0.15) is 0 Å². The predicted molar refractivity (Wildman–Crippen MR) is 60.8 cm³/mol. The van der Waals surface area contributed by atoms with E-state index in [-0.39, 0.29) is 10.8 Å². The monoisotopic (exact) mass is 213 g/mol. The van der Waals surface area contributed by atoms with Crippen molar-refractivity contribution in [2.24, 2.45) is 10.8 Å². The molecule has 1 saturated carbocycles. The van der Waals surface area contributed by atoms with Gasteiger partial charge in [-0.1, -0.05) is 27.7 Å². The molecule has 0 aromatic rings. The van der Waals surface area contributed by atoms with Crippen LogP contribution in [-0.4, -0.2) is 23.7 Å². The van der Waals surface area contributed by atoms with Crippen LogP contribution < -0.4 is 5.32 Å². The third kappa shape index (κ3) is 2.51. The Morgan fingerprint density at radius 2 is 1.47 bits per heavy atom. The third-order valence-corrected chi connectivity index (χ3v) is 3.41.